The van der Waals surface area contributed by atoms with E-state index in [9.17, 15) is 4.79 Å². The van der Waals surface area contributed by atoms with E-state index in [2.05, 4.69) is 32.3 Å². The summed E-state index contributed by atoms with van der Waals surface area (Å²) in [5.41, 5.74) is 1.28. The molecule has 2 aromatic rings. The van der Waals surface area contributed by atoms with Crippen LogP contribution in [0.5, 0.6) is 0 Å². The van der Waals surface area contributed by atoms with E-state index < -0.39 is 0 Å². The van der Waals surface area contributed by atoms with E-state index in [-0.39, 0.29) is 11.9 Å². The molecule has 3 rings (SSSR count). The number of hydrogen-bond acceptors (Lipinski definition) is 5. The van der Waals surface area contributed by atoms with Crippen LogP contribution in [0.2, 0.25) is 0 Å². The van der Waals surface area contributed by atoms with Crippen molar-refractivity contribution in [3.05, 3.63) is 54.4 Å². The molecular weight excluding hydrogens is 340 g/mol. The second kappa shape index (κ2) is 10.6. The van der Waals surface area contributed by atoms with Gasteiger partial charge in [0.1, 0.15) is 0 Å². The van der Waals surface area contributed by atoms with Crippen molar-refractivity contribution in [1.29, 1.82) is 0 Å². The lowest BCUT2D eigenvalue weighted by Gasteiger charge is -2.33. The molecule has 0 unspecified atom stereocenters. The number of aromatic nitrogens is 2. The number of benzene rings is 1. The molecular formula is C21H28N4O2. The van der Waals surface area contributed by atoms with E-state index in [1.807, 2.05) is 24.3 Å². The van der Waals surface area contributed by atoms with Crippen LogP contribution in [0, 0.1) is 0 Å². The third-order valence-corrected chi connectivity index (χ3v) is 4.69. The van der Waals surface area contributed by atoms with Crippen LogP contribution >= 0.6 is 0 Å². The quantitative estimate of drug-likeness (QED) is 0.689. The van der Waals surface area contributed by atoms with Crippen molar-refractivity contribution in [2.75, 3.05) is 31.2 Å². The third kappa shape index (κ3) is 6.64. The minimum absolute atomic E-state index is 0.0995. The van der Waals surface area contributed by atoms with Crippen LogP contribution in [0.4, 0.5) is 5.95 Å². The molecule has 27 heavy (non-hydrogen) atoms. The Morgan fingerprint density at radius 3 is 2.78 bits per heavy atom. The predicted molar refractivity (Wildman–Crippen MR) is 106 cm³/mol. The first-order chi connectivity index (χ1) is 13.3. The molecule has 2 heterocycles. The SMILES string of the molecule is O=C(CCCOCCc1ccccc1)N[C@@H]1CCCN(c2ncccn2)C1. The molecule has 6 heteroatoms. The van der Waals surface area contributed by atoms with Gasteiger partial charge in [0.2, 0.25) is 11.9 Å². The number of rotatable bonds is 9. The van der Waals surface area contributed by atoms with Crippen molar-refractivity contribution in [1.82, 2.24) is 15.3 Å². The molecule has 1 aliphatic rings. The van der Waals surface area contributed by atoms with Crippen LogP contribution in [-0.4, -0.2) is 48.2 Å². The highest BCUT2D eigenvalue weighted by atomic mass is 16.5. The van der Waals surface area contributed by atoms with Crippen molar-refractivity contribution in [3.63, 3.8) is 0 Å². The van der Waals surface area contributed by atoms with E-state index in [4.69, 9.17) is 4.74 Å². The van der Waals surface area contributed by atoms with Crippen LogP contribution in [-0.2, 0) is 16.0 Å². The molecule has 1 amide bonds. The molecule has 0 bridgehead atoms. The monoisotopic (exact) mass is 368 g/mol. The summed E-state index contributed by atoms with van der Waals surface area (Å²) in [7, 11) is 0. The molecule has 144 valence electrons. The number of nitrogens with zero attached hydrogens (tertiary/aromatic N) is 3. The Bertz CT molecular complexity index is 681. The zero-order valence-corrected chi connectivity index (χ0v) is 15.7. The Kier molecular flexibility index (Phi) is 7.59. The minimum atomic E-state index is 0.0995. The predicted octanol–water partition coefficient (Wildman–Crippen LogP) is 2.60. The summed E-state index contributed by atoms with van der Waals surface area (Å²) in [5.74, 6) is 0.839. The number of ether oxygens (including phenoxy) is 1. The summed E-state index contributed by atoms with van der Waals surface area (Å²) in [5, 5.41) is 3.14. The first-order valence-electron chi connectivity index (χ1n) is 9.74. The van der Waals surface area contributed by atoms with Crippen LogP contribution in [0.3, 0.4) is 0 Å². The van der Waals surface area contributed by atoms with E-state index in [0.29, 0.717) is 19.6 Å². The smallest absolute Gasteiger partial charge is 0.225 e. The zero-order valence-electron chi connectivity index (χ0n) is 15.7. The number of piperidine rings is 1. The standard InChI is InChI=1S/C21H28N4O2/c26-20(10-5-15-27-16-11-18-7-2-1-3-8-18)24-19-9-4-14-25(17-19)21-22-12-6-13-23-21/h1-3,6-8,12-13,19H,4-5,9-11,14-17H2,(H,24,26)/t19-/m1/s1. The normalized spacial score (nSPS) is 16.9. The molecule has 6 nitrogen and oxygen atoms in total. The summed E-state index contributed by atoms with van der Waals surface area (Å²) in [6, 6.07) is 12.3. The molecule has 1 saturated heterocycles. The lowest BCUT2D eigenvalue weighted by atomic mass is 10.1. The van der Waals surface area contributed by atoms with Gasteiger partial charge in [-0.1, -0.05) is 30.3 Å². The lowest BCUT2D eigenvalue weighted by Crippen LogP contribution is -2.48. The maximum absolute atomic E-state index is 12.2. The Morgan fingerprint density at radius 1 is 1.15 bits per heavy atom. The average Bonchev–Trinajstić information content (AvgIpc) is 2.72. The van der Waals surface area contributed by atoms with Gasteiger partial charge in [0, 0.05) is 44.6 Å². The fourth-order valence-corrected chi connectivity index (χ4v) is 3.30. The molecule has 1 atom stereocenters. The first kappa shape index (κ1) is 19.3. The van der Waals surface area contributed by atoms with Crippen molar-refractivity contribution in [2.45, 2.75) is 38.1 Å². The van der Waals surface area contributed by atoms with Crippen LogP contribution in [0.15, 0.2) is 48.8 Å². The highest BCUT2D eigenvalue weighted by Gasteiger charge is 2.22. The summed E-state index contributed by atoms with van der Waals surface area (Å²) < 4.78 is 5.65. The Hall–Kier alpha value is -2.47. The number of carbonyl (C=O) groups is 1. The maximum Gasteiger partial charge on any atom is 0.225 e. The molecule has 1 aromatic carbocycles. The summed E-state index contributed by atoms with van der Waals surface area (Å²) in [6.45, 7) is 3.02. The molecule has 1 aromatic heterocycles. The van der Waals surface area contributed by atoms with Gasteiger partial charge in [-0.25, -0.2) is 9.97 Å². The van der Waals surface area contributed by atoms with E-state index in [1.54, 1.807) is 12.4 Å². The van der Waals surface area contributed by atoms with Gasteiger partial charge in [0.05, 0.1) is 6.61 Å². The second-order valence-corrected chi connectivity index (χ2v) is 6.85. The van der Waals surface area contributed by atoms with Crippen molar-refractivity contribution in [2.24, 2.45) is 0 Å². The maximum atomic E-state index is 12.2. The Labute approximate surface area is 161 Å². The van der Waals surface area contributed by atoms with Gasteiger partial charge in [0.15, 0.2) is 0 Å². The Morgan fingerprint density at radius 2 is 1.96 bits per heavy atom. The van der Waals surface area contributed by atoms with Gasteiger partial charge in [-0.05, 0) is 37.3 Å². The molecule has 1 fully saturated rings. The summed E-state index contributed by atoms with van der Waals surface area (Å²) in [4.78, 5) is 22.9. The number of nitrogens with one attached hydrogen (secondary N) is 1. The van der Waals surface area contributed by atoms with Crippen molar-refractivity contribution < 1.29 is 9.53 Å². The summed E-state index contributed by atoms with van der Waals surface area (Å²) >= 11 is 0. The van der Waals surface area contributed by atoms with Gasteiger partial charge < -0.3 is 15.0 Å². The largest absolute Gasteiger partial charge is 0.381 e. The van der Waals surface area contributed by atoms with Gasteiger partial charge in [-0.15, -0.1) is 0 Å². The van der Waals surface area contributed by atoms with E-state index >= 15 is 0 Å². The molecule has 0 spiro atoms. The molecule has 0 radical (unpaired) electrons. The third-order valence-electron chi connectivity index (χ3n) is 4.69. The summed E-state index contributed by atoms with van der Waals surface area (Å²) in [6.07, 6.45) is 7.70. The molecule has 1 aliphatic heterocycles. The number of anilines is 1. The lowest BCUT2D eigenvalue weighted by molar-refractivity contribution is -0.122. The van der Waals surface area contributed by atoms with Gasteiger partial charge >= 0.3 is 0 Å². The molecule has 0 aliphatic carbocycles. The number of amides is 1. The first-order valence-corrected chi connectivity index (χ1v) is 9.74. The highest BCUT2D eigenvalue weighted by molar-refractivity contribution is 5.76. The topological polar surface area (TPSA) is 67.3 Å². The van der Waals surface area contributed by atoms with E-state index in [1.165, 1.54) is 5.56 Å². The molecule has 0 saturated carbocycles. The van der Waals surface area contributed by atoms with Gasteiger partial charge in [-0.2, -0.15) is 0 Å². The van der Waals surface area contributed by atoms with Crippen LogP contribution in [0.1, 0.15) is 31.2 Å². The Balaban J connectivity index is 1.29. The van der Waals surface area contributed by atoms with Gasteiger partial charge in [0.25, 0.3) is 0 Å². The average molecular weight is 368 g/mol. The van der Waals surface area contributed by atoms with Crippen LogP contribution < -0.4 is 10.2 Å². The van der Waals surface area contributed by atoms with Crippen molar-refractivity contribution >= 4 is 11.9 Å². The molecule has 1 N–H and O–H groups in total. The fraction of sp³-hybridized carbons (Fsp3) is 0.476. The number of hydrogen-bond donors (Lipinski definition) is 1. The van der Waals surface area contributed by atoms with Crippen LogP contribution in [0.25, 0.3) is 0 Å². The van der Waals surface area contributed by atoms with E-state index in [0.717, 1.165) is 44.7 Å². The second-order valence-electron chi connectivity index (χ2n) is 6.85. The fourth-order valence-electron chi connectivity index (χ4n) is 3.30. The van der Waals surface area contributed by atoms with Crippen molar-refractivity contribution in [3.8, 4) is 0 Å². The zero-order chi connectivity index (χ0) is 18.7. The van der Waals surface area contributed by atoms with Gasteiger partial charge in [-0.3, -0.25) is 4.79 Å². The minimum Gasteiger partial charge on any atom is -0.381 e. The highest BCUT2D eigenvalue weighted by Crippen LogP contribution is 2.15. The number of carbonyl (C=O) groups excluding carboxylic acids is 1.